The Bertz CT molecular complexity index is 1870. The molecule has 5 aromatic rings. The Kier molecular flexibility index (Phi) is 8.63. The summed E-state index contributed by atoms with van der Waals surface area (Å²) in [7, 11) is 0. The summed E-state index contributed by atoms with van der Waals surface area (Å²) in [6, 6.07) is 33.0. The largest absolute Gasteiger partial charge is 0.422 e. The molecule has 5 aromatic carbocycles. The lowest BCUT2D eigenvalue weighted by Crippen LogP contribution is -2.33. The maximum absolute atomic E-state index is 12.9. The molecule has 9 nitrogen and oxygen atoms in total. The highest BCUT2D eigenvalue weighted by Gasteiger charge is 2.18. The SMILES string of the molecule is Cc1cccc(NC(=O)c2ccccc2NC(=O)C(=O)N/N=C/c2c(OC(=O)c3ccccc3)ccc3ccccc23)c1. The van der Waals surface area contributed by atoms with Crippen LogP contribution in [0.1, 0.15) is 31.8 Å². The van der Waals surface area contributed by atoms with Crippen LogP contribution in [0, 0.1) is 6.92 Å². The molecule has 0 aliphatic carbocycles. The number of anilines is 2. The van der Waals surface area contributed by atoms with Gasteiger partial charge >= 0.3 is 17.8 Å². The molecule has 3 N–H and O–H groups in total. The maximum Gasteiger partial charge on any atom is 0.343 e. The van der Waals surface area contributed by atoms with Gasteiger partial charge in [0.25, 0.3) is 5.91 Å². The van der Waals surface area contributed by atoms with Crippen LogP contribution in [-0.2, 0) is 9.59 Å². The molecule has 43 heavy (non-hydrogen) atoms. The maximum atomic E-state index is 12.9. The number of hydrogen-bond acceptors (Lipinski definition) is 6. The van der Waals surface area contributed by atoms with Gasteiger partial charge in [-0.05, 0) is 65.7 Å². The number of hydrogen-bond donors (Lipinski definition) is 3. The van der Waals surface area contributed by atoms with Crippen LogP contribution in [-0.4, -0.2) is 29.9 Å². The van der Waals surface area contributed by atoms with E-state index in [1.807, 2.05) is 49.4 Å². The Labute approximate surface area is 247 Å². The Balaban J connectivity index is 1.30. The van der Waals surface area contributed by atoms with E-state index < -0.39 is 23.7 Å². The van der Waals surface area contributed by atoms with E-state index >= 15 is 0 Å². The van der Waals surface area contributed by atoms with Crippen LogP contribution < -0.4 is 20.8 Å². The Morgan fingerprint density at radius 2 is 1.47 bits per heavy atom. The van der Waals surface area contributed by atoms with E-state index in [9.17, 15) is 19.2 Å². The first kappa shape index (κ1) is 28.4. The number of hydrazone groups is 1. The standard InChI is InChI=1S/C34H26N4O5/c1-22-10-9-14-25(20-22)36-31(39)27-16-7-8-17-29(27)37-32(40)33(41)38-35-21-28-26-15-6-5-11-23(26)18-19-30(28)43-34(42)24-12-3-2-4-13-24/h2-21H,1H3,(H,36,39)(H,37,40)(H,38,41)/b35-21+. The van der Waals surface area contributed by atoms with Crippen LogP contribution in [0.3, 0.4) is 0 Å². The summed E-state index contributed by atoms with van der Waals surface area (Å²) in [5, 5.41) is 10.8. The third-order valence-corrected chi connectivity index (χ3v) is 6.40. The van der Waals surface area contributed by atoms with E-state index in [-0.39, 0.29) is 17.0 Å². The topological polar surface area (TPSA) is 126 Å². The predicted octanol–water partition coefficient (Wildman–Crippen LogP) is 5.71. The molecule has 0 heterocycles. The van der Waals surface area contributed by atoms with Gasteiger partial charge < -0.3 is 15.4 Å². The fraction of sp³-hybridized carbons (Fsp3) is 0.0294. The summed E-state index contributed by atoms with van der Waals surface area (Å²) < 4.78 is 5.65. The first-order valence-electron chi connectivity index (χ1n) is 13.3. The average Bonchev–Trinajstić information content (AvgIpc) is 3.02. The summed E-state index contributed by atoms with van der Waals surface area (Å²) in [6.07, 6.45) is 1.31. The second kappa shape index (κ2) is 13.0. The summed E-state index contributed by atoms with van der Waals surface area (Å²) in [5.74, 6) is -2.87. The molecule has 0 radical (unpaired) electrons. The molecule has 0 aliphatic heterocycles. The molecule has 0 fully saturated rings. The van der Waals surface area contributed by atoms with E-state index in [0.29, 0.717) is 16.8 Å². The van der Waals surface area contributed by atoms with Gasteiger partial charge in [-0.1, -0.05) is 72.8 Å². The average molecular weight is 571 g/mol. The molecule has 0 saturated carbocycles. The number of para-hydroxylation sites is 1. The van der Waals surface area contributed by atoms with Crippen molar-refractivity contribution in [3.05, 3.63) is 138 Å². The Morgan fingerprint density at radius 3 is 2.28 bits per heavy atom. The van der Waals surface area contributed by atoms with Crippen LogP contribution in [0.25, 0.3) is 10.8 Å². The molecule has 9 heteroatoms. The number of fused-ring (bicyclic) bond motifs is 1. The first-order chi connectivity index (χ1) is 20.9. The lowest BCUT2D eigenvalue weighted by atomic mass is 10.0. The fourth-order valence-electron chi connectivity index (χ4n) is 4.33. The summed E-state index contributed by atoms with van der Waals surface area (Å²) in [5.41, 5.74) is 4.90. The van der Waals surface area contributed by atoms with Gasteiger partial charge in [-0.3, -0.25) is 14.4 Å². The molecule has 212 valence electrons. The number of carbonyl (C=O) groups excluding carboxylic acids is 4. The molecule has 0 bridgehead atoms. The second-order valence-electron chi connectivity index (χ2n) is 9.48. The highest BCUT2D eigenvalue weighted by molar-refractivity contribution is 6.40. The van der Waals surface area contributed by atoms with E-state index in [1.54, 1.807) is 60.7 Å². The van der Waals surface area contributed by atoms with Crippen LogP contribution in [0.2, 0.25) is 0 Å². The smallest absolute Gasteiger partial charge is 0.343 e. The molecule has 0 spiro atoms. The summed E-state index contributed by atoms with van der Waals surface area (Å²) >= 11 is 0. The fourth-order valence-corrected chi connectivity index (χ4v) is 4.33. The quantitative estimate of drug-likeness (QED) is 0.0760. The van der Waals surface area contributed by atoms with Crippen molar-refractivity contribution in [3.63, 3.8) is 0 Å². The molecule has 3 amide bonds. The number of ether oxygens (including phenoxy) is 1. The lowest BCUT2D eigenvalue weighted by molar-refractivity contribution is -0.136. The highest BCUT2D eigenvalue weighted by atomic mass is 16.5. The Hall–Kier alpha value is -6.09. The van der Waals surface area contributed by atoms with E-state index in [4.69, 9.17) is 4.74 Å². The zero-order chi connectivity index (χ0) is 30.2. The minimum Gasteiger partial charge on any atom is -0.422 e. The molecular weight excluding hydrogens is 544 g/mol. The molecule has 0 aliphatic rings. The minimum absolute atomic E-state index is 0.154. The number of benzene rings is 5. The number of amides is 3. The van der Waals surface area contributed by atoms with Gasteiger partial charge in [0.1, 0.15) is 5.75 Å². The van der Waals surface area contributed by atoms with Crippen LogP contribution in [0.15, 0.2) is 120 Å². The number of rotatable bonds is 7. The summed E-state index contributed by atoms with van der Waals surface area (Å²) in [6.45, 7) is 1.91. The zero-order valence-electron chi connectivity index (χ0n) is 23.0. The highest BCUT2D eigenvalue weighted by Crippen LogP contribution is 2.27. The molecule has 0 aromatic heterocycles. The lowest BCUT2D eigenvalue weighted by Gasteiger charge is -2.12. The summed E-state index contributed by atoms with van der Waals surface area (Å²) in [4.78, 5) is 51.0. The molecular formula is C34H26N4O5. The Morgan fingerprint density at radius 1 is 0.721 bits per heavy atom. The van der Waals surface area contributed by atoms with Gasteiger partial charge in [-0.2, -0.15) is 5.10 Å². The van der Waals surface area contributed by atoms with Crippen molar-refractivity contribution in [3.8, 4) is 5.75 Å². The molecule has 5 rings (SSSR count). The van der Waals surface area contributed by atoms with Crippen molar-refractivity contribution in [1.82, 2.24) is 5.43 Å². The van der Waals surface area contributed by atoms with Crippen LogP contribution in [0.4, 0.5) is 11.4 Å². The number of nitrogens with zero attached hydrogens (tertiary/aromatic N) is 1. The first-order valence-corrected chi connectivity index (χ1v) is 13.3. The molecule has 0 saturated heterocycles. The number of carbonyl (C=O) groups is 4. The molecule has 0 unspecified atom stereocenters. The van der Waals surface area contributed by atoms with Gasteiger partial charge in [-0.25, -0.2) is 10.2 Å². The van der Waals surface area contributed by atoms with Gasteiger partial charge in [0.2, 0.25) is 0 Å². The second-order valence-corrected chi connectivity index (χ2v) is 9.48. The minimum atomic E-state index is -1.06. The van der Waals surface area contributed by atoms with Crippen molar-refractivity contribution in [2.75, 3.05) is 10.6 Å². The van der Waals surface area contributed by atoms with Gasteiger partial charge in [0.15, 0.2) is 0 Å². The van der Waals surface area contributed by atoms with Crippen molar-refractivity contribution < 1.29 is 23.9 Å². The van der Waals surface area contributed by atoms with Crippen LogP contribution in [0.5, 0.6) is 5.75 Å². The van der Waals surface area contributed by atoms with Gasteiger partial charge in [0, 0.05) is 11.3 Å². The molecule has 0 atom stereocenters. The van der Waals surface area contributed by atoms with E-state index in [2.05, 4.69) is 21.2 Å². The predicted molar refractivity (Wildman–Crippen MR) is 165 cm³/mol. The van der Waals surface area contributed by atoms with Gasteiger partial charge in [-0.15, -0.1) is 0 Å². The zero-order valence-corrected chi connectivity index (χ0v) is 23.0. The van der Waals surface area contributed by atoms with Crippen molar-refractivity contribution in [1.29, 1.82) is 0 Å². The van der Waals surface area contributed by atoms with E-state index in [0.717, 1.165) is 16.3 Å². The third-order valence-electron chi connectivity index (χ3n) is 6.40. The number of nitrogens with one attached hydrogen (secondary N) is 3. The third kappa shape index (κ3) is 6.98. The monoisotopic (exact) mass is 570 g/mol. The van der Waals surface area contributed by atoms with Crippen molar-refractivity contribution >= 4 is 52.1 Å². The number of esters is 1. The normalized spacial score (nSPS) is 10.7. The van der Waals surface area contributed by atoms with Crippen molar-refractivity contribution in [2.45, 2.75) is 6.92 Å². The van der Waals surface area contributed by atoms with E-state index in [1.165, 1.54) is 18.3 Å². The number of aryl methyl sites for hydroxylation is 1. The van der Waals surface area contributed by atoms with Gasteiger partial charge in [0.05, 0.1) is 23.0 Å². The van der Waals surface area contributed by atoms with Crippen molar-refractivity contribution in [2.24, 2.45) is 5.10 Å². The van der Waals surface area contributed by atoms with Crippen LogP contribution >= 0.6 is 0 Å².